The molecule has 2 N–H and O–H groups in total. The van der Waals surface area contributed by atoms with E-state index in [1.807, 2.05) is 25.2 Å². The molecule has 1 rings (SSSR count). The number of aromatic hydroxyl groups is 1. The van der Waals surface area contributed by atoms with E-state index in [4.69, 9.17) is 0 Å². The third kappa shape index (κ3) is 2.48. The van der Waals surface area contributed by atoms with E-state index in [9.17, 15) is 5.11 Å². The van der Waals surface area contributed by atoms with E-state index < -0.39 is 0 Å². The standard InChI is InChI=1S/C12H19NO/c1-9(2)11-6-4-5-10(12(11)14)7-8-13-3/h4-6,9,13-14H,7-8H2,1-3H3. The molecule has 0 radical (unpaired) electrons. The first-order valence-electron chi connectivity index (χ1n) is 5.12. The molecule has 2 nitrogen and oxygen atoms in total. The Hall–Kier alpha value is -1.02. The molecule has 0 amide bonds. The van der Waals surface area contributed by atoms with Gasteiger partial charge in [-0.05, 0) is 37.1 Å². The highest BCUT2D eigenvalue weighted by atomic mass is 16.3. The van der Waals surface area contributed by atoms with Gasteiger partial charge in [-0.15, -0.1) is 0 Å². The van der Waals surface area contributed by atoms with Gasteiger partial charge in [0, 0.05) is 0 Å². The number of para-hydroxylation sites is 1. The van der Waals surface area contributed by atoms with Crippen LogP contribution in [-0.2, 0) is 6.42 Å². The monoisotopic (exact) mass is 193 g/mol. The summed E-state index contributed by atoms with van der Waals surface area (Å²) in [6.07, 6.45) is 0.878. The summed E-state index contributed by atoms with van der Waals surface area (Å²) >= 11 is 0. The second-order valence-corrected chi connectivity index (χ2v) is 3.86. The molecule has 0 aliphatic heterocycles. The van der Waals surface area contributed by atoms with Crippen LogP contribution in [0, 0.1) is 0 Å². The van der Waals surface area contributed by atoms with Crippen LogP contribution >= 0.6 is 0 Å². The van der Waals surface area contributed by atoms with E-state index in [1.54, 1.807) is 0 Å². The summed E-state index contributed by atoms with van der Waals surface area (Å²) in [7, 11) is 1.92. The third-order valence-electron chi connectivity index (χ3n) is 2.42. The van der Waals surface area contributed by atoms with Gasteiger partial charge in [0.2, 0.25) is 0 Å². The highest BCUT2D eigenvalue weighted by molar-refractivity contribution is 5.42. The Kier molecular flexibility index (Phi) is 3.96. The molecule has 0 fully saturated rings. The number of hydrogen-bond donors (Lipinski definition) is 2. The van der Waals surface area contributed by atoms with Crippen molar-refractivity contribution in [3.63, 3.8) is 0 Å². The maximum Gasteiger partial charge on any atom is 0.122 e. The first kappa shape index (κ1) is 11.1. The van der Waals surface area contributed by atoms with Crippen LogP contribution in [0.15, 0.2) is 18.2 Å². The van der Waals surface area contributed by atoms with Crippen molar-refractivity contribution in [2.75, 3.05) is 13.6 Å². The fourth-order valence-electron chi connectivity index (χ4n) is 1.54. The van der Waals surface area contributed by atoms with E-state index in [0.717, 1.165) is 24.1 Å². The molecular weight excluding hydrogens is 174 g/mol. The number of nitrogens with one attached hydrogen (secondary N) is 1. The van der Waals surface area contributed by atoms with Crippen molar-refractivity contribution in [2.45, 2.75) is 26.2 Å². The summed E-state index contributed by atoms with van der Waals surface area (Å²) in [5.74, 6) is 0.849. The lowest BCUT2D eigenvalue weighted by Crippen LogP contribution is -2.10. The molecule has 1 aromatic rings. The number of likely N-dealkylation sites (N-methyl/N-ethyl adjacent to an activating group) is 1. The molecule has 14 heavy (non-hydrogen) atoms. The average Bonchev–Trinajstić information content (AvgIpc) is 2.16. The zero-order valence-electron chi connectivity index (χ0n) is 9.17. The maximum absolute atomic E-state index is 9.96. The summed E-state index contributed by atoms with van der Waals surface area (Å²) in [4.78, 5) is 0. The molecule has 1 aromatic carbocycles. The lowest BCUT2D eigenvalue weighted by molar-refractivity contribution is 0.457. The topological polar surface area (TPSA) is 32.3 Å². The van der Waals surface area contributed by atoms with Crippen LogP contribution < -0.4 is 5.32 Å². The van der Waals surface area contributed by atoms with Gasteiger partial charge < -0.3 is 10.4 Å². The van der Waals surface area contributed by atoms with E-state index in [0.29, 0.717) is 11.7 Å². The molecule has 0 heterocycles. The number of phenols is 1. The van der Waals surface area contributed by atoms with E-state index >= 15 is 0 Å². The quantitative estimate of drug-likeness (QED) is 0.769. The van der Waals surface area contributed by atoms with Crippen LogP contribution in [0.1, 0.15) is 30.9 Å². The molecule has 0 saturated carbocycles. The largest absolute Gasteiger partial charge is 0.507 e. The van der Waals surface area contributed by atoms with E-state index in [-0.39, 0.29) is 0 Å². The predicted octanol–water partition coefficient (Wildman–Crippen LogP) is 2.28. The lowest BCUT2D eigenvalue weighted by atomic mass is 9.98. The Morgan fingerprint density at radius 2 is 2.07 bits per heavy atom. The minimum Gasteiger partial charge on any atom is -0.507 e. The zero-order valence-corrected chi connectivity index (χ0v) is 9.17. The smallest absolute Gasteiger partial charge is 0.122 e. The summed E-state index contributed by atoms with van der Waals surface area (Å²) in [6.45, 7) is 5.09. The van der Waals surface area contributed by atoms with E-state index in [1.165, 1.54) is 0 Å². The SMILES string of the molecule is CNCCc1cccc(C(C)C)c1O. The van der Waals surface area contributed by atoms with Crippen LogP contribution in [-0.4, -0.2) is 18.7 Å². The van der Waals surface area contributed by atoms with Gasteiger partial charge >= 0.3 is 0 Å². The summed E-state index contributed by atoms with van der Waals surface area (Å²) in [6, 6.07) is 5.99. The van der Waals surface area contributed by atoms with Crippen molar-refractivity contribution in [1.29, 1.82) is 0 Å². The molecule has 0 aliphatic carbocycles. The normalized spacial score (nSPS) is 10.9. The first-order valence-corrected chi connectivity index (χ1v) is 5.12. The number of benzene rings is 1. The van der Waals surface area contributed by atoms with Gasteiger partial charge in [0.05, 0.1) is 0 Å². The van der Waals surface area contributed by atoms with Crippen molar-refractivity contribution in [3.05, 3.63) is 29.3 Å². The minimum absolute atomic E-state index is 0.379. The molecule has 0 atom stereocenters. The first-order chi connectivity index (χ1) is 6.66. The van der Waals surface area contributed by atoms with Gasteiger partial charge in [0.25, 0.3) is 0 Å². The van der Waals surface area contributed by atoms with Gasteiger partial charge in [-0.1, -0.05) is 32.0 Å². The van der Waals surface area contributed by atoms with Crippen LogP contribution in [0.2, 0.25) is 0 Å². The molecule has 0 aromatic heterocycles. The Labute approximate surface area is 86.0 Å². The van der Waals surface area contributed by atoms with Gasteiger partial charge in [-0.25, -0.2) is 0 Å². The third-order valence-corrected chi connectivity index (χ3v) is 2.42. The van der Waals surface area contributed by atoms with Crippen molar-refractivity contribution in [1.82, 2.24) is 5.32 Å². The van der Waals surface area contributed by atoms with Crippen LogP contribution in [0.3, 0.4) is 0 Å². The molecule has 2 heteroatoms. The number of phenolic OH excluding ortho intramolecular Hbond substituents is 1. The Bertz CT molecular complexity index is 294. The summed E-state index contributed by atoms with van der Waals surface area (Å²) < 4.78 is 0. The van der Waals surface area contributed by atoms with Crippen molar-refractivity contribution < 1.29 is 5.11 Å². The molecular formula is C12H19NO. The fourth-order valence-corrected chi connectivity index (χ4v) is 1.54. The minimum atomic E-state index is 0.379. The second-order valence-electron chi connectivity index (χ2n) is 3.86. The Morgan fingerprint density at radius 3 is 2.64 bits per heavy atom. The highest BCUT2D eigenvalue weighted by Crippen LogP contribution is 2.28. The molecule has 0 aliphatic rings. The number of rotatable bonds is 4. The Balaban J connectivity index is 2.89. The highest BCUT2D eigenvalue weighted by Gasteiger charge is 2.08. The predicted molar refractivity (Wildman–Crippen MR) is 59.8 cm³/mol. The van der Waals surface area contributed by atoms with Gasteiger partial charge in [0.1, 0.15) is 5.75 Å². The van der Waals surface area contributed by atoms with Gasteiger partial charge in [-0.3, -0.25) is 0 Å². The van der Waals surface area contributed by atoms with Crippen molar-refractivity contribution >= 4 is 0 Å². The van der Waals surface area contributed by atoms with Crippen molar-refractivity contribution in [3.8, 4) is 5.75 Å². The maximum atomic E-state index is 9.96. The molecule has 0 unspecified atom stereocenters. The zero-order chi connectivity index (χ0) is 10.6. The molecule has 0 saturated heterocycles. The van der Waals surface area contributed by atoms with Crippen molar-refractivity contribution in [2.24, 2.45) is 0 Å². The lowest BCUT2D eigenvalue weighted by Gasteiger charge is -2.12. The fraction of sp³-hybridized carbons (Fsp3) is 0.500. The van der Waals surface area contributed by atoms with Crippen LogP contribution in [0.5, 0.6) is 5.75 Å². The van der Waals surface area contributed by atoms with Gasteiger partial charge in [0.15, 0.2) is 0 Å². The Morgan fingerprint density at radius 1 is 1.36 bits per heavy atom. The van der Waals surface area contributed by atoms with Crippen LogP contribution in [0.4, 0.5) is 0 Å². The molecule has 0 spiro atoms. The van der Waals surface area contributed by atoms with Gasteiger partial charge in [-0.2, -0.15) is 0 Å². The average molecular weight is 193 g/mol. The summed E-state index contributed by atoms with van der Waals surface area (Å²) in [5.41, 5.74) is 2.07. The molecule has 78 valence electrons. The van der Waals surface area contributed by atoms with Crippen LogP contribution in [0.25, 0.3) is 0 Å². The molecule has 0 bridgehead atoms. The van der Waals surface area contributed by atoms with E-state index in [2.05, 4.69) is 19.2 Å². The second kappa shape index (κ2) is 5.01. The number of hydrogen-bond acceptors (Lipinski definition) is 2. The summed E-state index contributed by atoms with van der Waals surface area (Å²) in [5, 5.41) is 13.0.